The summed E-state index contributed by atoms with van der Waals surface area (Å²) >= 11 is 0. The normalized spacial score (nSPS) is 12.6. The number of carboxylic acids is 1. The van der Waals surface area contributed by atoms with Gasteiger partial charge in [-0.25, -0.2) is 4.79 Å². The van der Waals surface area contributed by atoms with E-state index in [1.807, 2.05) is 0 Å². The highest BCUT2D eigenvalue weighted by Crippen LogP contribution is 2.18. The third-order valence-corrected chi connectivity index (χ3v) is 7.97. The van der Waals surface area contributed by atoms with Crippen LogP contribution < -0.4 is 22.5 Å². The first-order valence-electron chi connectivity index (χ1n) is 17.3. The molecule has 0 heterocycles. The van der Waals surface area contributed by atoms with Gasteiger partial charge in [-0.05, 0) is 77.4 Å². The lowest BCUT2D eigenvalue weighted by Crippen LogP contribution is -2.56. The average molecular weight is 612 g/mol. The molecular formula is C33H65N5O5. The van der Waals surface area contributed by atoms with Crippen LogP contribution in [-0.4, -0.2) is 65.4 Å². The van der Waals surface area contributed by atoms with E-state index in [1.165, 1.54) is 64.2 Å². The quantitative estimate of drug-likeness (QED) is 0.0691. The van der Waals surface area contributed by atoms with Crippen molar-refractivity contribution in [3.05, 3.63) is 0 Å². The predicted molar refractivity (Wildman–Crippen MR) is 174 cm³/mol. The minimum absolute atomic E-state index is 0.0199. The van der Waals surface area contributed by atoms with E-state index in [1.54, 1.807) is 0 Å². The number of rotatable bonds is 30. The molecule has 0 saturated heterocycles. The Morgan fingerprint density at radius 2 is 1.05 bits per heavy atom. The first-order valence-corrected chi connectivity index (χ1v) is 17.3. The highest BCUT2D eigenvalue weighted by molar-refractivity contribution is 6.02. The number of hydrogen-bond acceptors (Lipinski definition) is 7. The van der Waals surface area contributed by atoms with Crippen LogP contribution in [0.4, 0.5) is 0 Å². The van der Waals surface area contributed by atoms with E-state index < -0.39 is 29.9 Å². The van der Waals surface area contributed by atoms with Crippen molar-refractivity contribution >= 4 is 23.7 Å². The Kier molecular flexibility index (Phi) is 27.4. The molecule has 0 aromatic heterocycles. The summed E-state index contributed by atoms with van der Waals surface area (Å²) in [7, 11) is 0. The molecule has 0 aliphatic rings. The number of aliphatic carboxylic acids is 1. The van der Waals surface area contributed by atoms with Crippen LogP contribution in [0.2, 0.25) is 0 Å². The molecule has 8 N–H and O–H groups in total. The first kappa shape index (κ1) is 41.0. The molecule has 0 bridgehead atoms. The van der Waals surface area contributed by atoms with E-state index in [-0.39, 0.29) is 18.7 Å². The summed E-state index contributed by atoms with van der Waals surface area (Å²) < 4.78 is 0. The van der Waals surface area contributed by atoms with Crippen molar-refractivity contribution in [2.45, 2.75) is 167 Å². The number of nitrogens with one attached hydrogen (secondary N) is 1. The third kappa shape index (κ3) is 21.3. The maximum absolute atomic E-state index is 13.8. The summed E-state index contributed by atoms with van der Waals surface area (Å²) in [4.78, 5) is 53.0. The van der Waals surface area contributed by atoms with Crippen molar-refractivity contribution in [3.8, 4) is 0 Å². The molecule has 0 fully saturated rings. The van der Waals surface area contributed by atoms with Gasteiger partial charge in [-0.15, -0.1) is 0 Å². The fourth-order valence-corrected chi connectivity index (χ4v) is 5.32. The van der Waals surface area contributed by atoms with Gasteiger partial charge in [-0.3, -0.25) is 19.3 Å². The van der Waals surface area contributed by atoms with E-state index in [9.17, 15) is 24.3 Å². The minimum atomic E-state index is -1.31. The molecule has 0 aromatic rings. The molecule has 2 atom stereocenters. The standard InChI is InChI=1S/C33H65N5O5/c1-2-3-4-5-6-7-8-9-10-11-12-13-14-23-30(39)37-28(21-15-18-25-34)32(41)38(31(40)24-17-20-27-36)29(33(42)43)22-16-19-26-35/h28-29H,2-27,34-36H2,1H3,(H,37,39)(H,42,43). The van der Waals surface area contributed by atoms with E-state index in [0.29, 0.717) is 71.0 Å². The Morgan fingerprint density at radius 1 is 0.605 bits per heavy atom. The fraction of sp³-hybridized carbons (Fsp3) is 0.879. The number of nitrogens with two attached hydrogens (primary N) is 3. The zero-order valence-electron chi connectivity index (χ0n) is 27.3. The van der Waals surface area contributed by atoms with Crippen molar-refractivity contribution in [2.24, 2.45) is 17.2 Å². The Morgan fingerprint density at radius 3 is 1.53 bits per heavy atom. The highest BCUT2D eigenvalue weighted by Gasteiger charge is 2.37. The number of amides is 3. The number of unbranched alkanes of at least 4 members (excludes halogenated alkanes) is 15. The summed E-state index contributed by atoms with van der Waals surface area (Å²) in [6.07, 6.45) is 19.8. The monoisotopic (exact) mass is 611 g/mol. The number of carbonyl (C=O) groups excluding carboxylic acids is 3. The SMILES string of the molecule is CCCCCCCCCCCCCCCC(=O)NC(CCCCN)C(=O)N(C(=O)CCCCN)C(CCCCN)C(=O)O. The Labute approximate surface area is 261 Å². The van der Waals surface area contributed by atoms with E-state index in [4.69, 9.17) is 17.2 Å². The minimum Gasteiger partial charge on any atom is -0.480 e. The van der Waals surface area contributed by atoms with Crippen molar-refractivity contribution in [1.29, 1.82) is 0 Å². The van der Waals surface area contributed by atoms with Crippen LogP contribution in [0.15, 0.2) is 0 Å². The van der Waals surface area contributed by atoms with Gasteiger partial charge in [0, 0.05) is 12.8 Å². The third-order valence-electron chi connectivity index (χ3n) is 7.97. The van der Waals surface area contributed by atoms with Crippen LogP contribution >= 0.6 is 0 Å². The molecule has 2 unspecified atom stereocenters. The van der Waals surface area contributed by atoms with Gasteiger partial charge in [-0.1, -0.05) is 84.0 Å². The second-order valence-electron chi connectivity index (χ2n) is 11.9. The second kappa shape index (κ2) is 28.7. The van der Waals surface area contributed by atoms with Crippen LogP contribution in [0.3, 0.4) is 0 Å². The summed E-state index contributed by atoms with van der Waals surface area (Å²) in [5.74, 6) is -2.70. The molecule has 10 heteroatoms. The molecule has 3 amide bonds. The number of hydrogen-bond donors (Lipinski definition) is 5. The first-order chi connectivity index (χ1) is 20.8. The molecular weight excluding hydrogens is 546 g/mol. The summed E-state index contributed by atoms with van der Waals surface area (Å²) in [6, 6.07) is -2.28. The van der Waals surface area contributed by atoms with E-state index in [0.717, 1.165) is 24.2 Å². The van der Waals surface area contributed by atoms with Crippen LogP contribution in [0.5, 0.6) is 0 Å². The molecule has 0 aliphatic heterocycles. The molecule has 0 spiro atoms. The molecule has 252 valence electrons. The average Bonchev–Trinajstić information content (AvgIpc) is 2.98. The van der Waals surface area contributed by atoms with Crippen molar-refractivity contribution < 1.29 is 24.3 Å². The Hall–Kier alpha value is -2.04. The lowest BCUT2D eigenvalue weighted by atomic mass is 10.0. The van der Waals surface area contributed by atoms with E-state index in [2.05, 4.69) is 12.2 Å². The molecule has 43 heavy (non-hydrogen) atoms. The van der Waals surface area contributed by atoms with Gasteiger partial charge < -0.3 is 27.6 Å². The lowest BCUT2D eigenvalue weighted by Gasteiger charge is -2.31. The van der Waals surface area contributed by atoms with Crippen molar-refractivity contribution in [3.63, 3.8) is 0 Å². The van der Waals surface area contributed by atoms with Crippen LogP contribution in [0.25, 0.3) is 0 Å². The van der Waals surface area contributed by atoms with Gasteiger partial charge in [0.1, 0.15) is 12.1 Å². The molecule has 10 nitrogen and oxygen atoms in total. The highest BCUT2D eigenvalue weighted by atomic mass is 16.4. The molecule has 0 rings (SSSR count). The zero-order chi connectivity index (χ0) is 32.1. The van der Waals surface area contributed by atoms with Gasteiger partial charge in [0.15, 0.2) is 0 Å². The molecule has 0 saturated carbocycles. The largest absolute Gasteiger partial charge is 0.480 e. The summed E-state index contributed by atoms with van der Waals surface area (Å²) in [6.45, 7) is 3.47. The number of nitrogens with zero attached hydrogens (tertiary/aromatic N) is 1. The van der Waals surface area contributed by atoms with Crippen molar-refractivity contribution in [1.82, 2.24) is 10.2 Å². The van der Waals surface area contributed by atoms with Gasteiger partial charge >= 0.3 is 5.97 Å². The molecule has 0 aromatic carbocycles. The van der Waals surface area contributed by atoms with Crippen LogP contribution in [0, 0.1) is 0 Å². The topological polar surface area (TPSA) is 182 Å². The van der Waals surface area contributed by atoms with Gasteiger partial charge in [0.25, 0.3) is 5.91 Å². The lowest BCUT2D eigenvalue weighted by molar-refractivity contribution is -0.160. The maximum atomic E-state index is 13.8. The van der Waals surface area contributed by atoms with E-state index >= 15 is 0 Å². The second-order valence-corrected chi connectivity index (χ2v) is 11.9. The maximum Gasteiger partial charge on any atom is 0.326 e. The van der Waals surface area contributed by atoms with Crippen LogP contribution in [-0.2, 0) is 19.2 Å². The predicted octanol–water partition coefficient (Wildman–Crippen LogP) is 5.15. The number of carboxylic acid groups (broad SMARTS) is 1. The number of imide groups is 1. The van der Waals surface area contributed by atoms with Crippen LogP contribution in [0.1, 0.15) is 155 Å². The van der Waals surface area contributed by atoms with Crippen molar-refractivity contribution in [2.75, 3.05) is 19.6 Å². The van der Waals surface area contributed by atoms with Gasteiger partial charge in [0.2, 0.25) is 11.8 Å². The summed E-state index contributed by atoms with van der Waals surface area (Å²) in [5, 5.41) is 12.8. The molecule has 0 aliphatic carbocycles. The zero-order valence-corrected chi connectivity index (χ0v) is 27.3. The Bertz CT molecular complexity index is 736. The number of carbonyl (C=O) groups is 4. The smallest absolute Gasteiger partial charge is 0.326 e. The summed E-state index contributed by atoms with van der Waals surface area (Å²) in [5.41, 5.74) is 16.8. The Balaban J connectivity index is 5.01. The fourth-order valence-electron chi connectivity index (χ4n) is 5.32. The van der Waals surface area contributed by atoms with Gasteiger partial charge in [-0.2, -0.15) is 0 Å². The molecule has 0 radical (unpaired) electrons. The van der Waals surface area contributed by atoms with Gasteiger partial charge in [0.05, 0.1) is 0 Å².